The molecule has 1 fully saturated rings. The number of alkyl halides is 2. The van der Waals surface area contributed by atoms with Crippen molar-refractivity contribution < 1.29 is 37.9 Å². The van der Waals surface area contributed by atoms with Gasteiger partial charge in [0.15, 0.2) is 0 Å². The van der Waals surface area contributed by atoms with E-state index >= 15 is 8.78 Å². The molecule has 3 amide bonds. The maximum Gasteiger partial charge on any atom is 0.332 e. The number of hydrogen-bond acceptors (Lipinski definition) is 6. The van der Waals surface area contributed by atoms with Gasteiger partial charge in [0.2, 0.25) is 23.4 Å². The summed E-state index contributed by atoms with van der Waals surface area (Å²) in [5, 5.41) is 15.5. The standard InChI is InChI=1S/C28H39F2N3O6/c1-16(2)22(24(36)28(29,30)21(35)14-13-19-10-7-6-8-11-19)31-26(38)20-12-9-15-33(20)27(39)23(17(3)4)32-25(37)18(5)34/h6-8,10-11,16-17,20,22-24,36H,9,12-15H2,1-5H3,(H,31,38)(H,32,37)/t20?,22-,23-,24?/m0/s1. The third kappa shape index (κ3) is 8.14. The fourth-order valence-corrected chi connectivity index (χ4v) is 4.57. The number of hydrogen-bond donors (Lipinski definition) is 3. The molecule has 4 atom stereocenters. The van der Waals surface area contributed by atoms with Crippen LogP contribution in [0.2, 0.25) is 0 Å². The van der Waals surface area contributed by atoms with Crippen LogP contribution >= 0.6 is 0 Å². The van der Waals surface area contributed by atoms with Crippen LogP contribution in [0, 0.1) is 11.8 Å². The average Bonchev–Trinajstić information content (AvgIpc) is 3.38. The van der Waals surface area contributed by atoms with E-state index in [0.717, 1.165) is 6.92 Å². The van der Waals surface area contributed by atoms with E-state index < -0.39 is 77.7 Å². The second-order valence-corrected chi connectivity index (χ2v) is 10.7. The summed E-state index contributed by atoms with van der Waals surface area (Å²) in [4.78, 5) is 63.5. The van der Waals surface area contributed by atoms with Crippen LogP contribution < -0.4 is 10.6 Å². The molecule has 11 heteroatoms. The Kier molecular flexibility index (Phi) is 11.3. The highest BCUT2D eigenvalue weighted by molar-refractivity contribution is 6.35. The van der Waals surface area contributed by atoms with Crippen molar-refractivity contribution in [3.63, 3.8) is 0 Å². The first-order chi connectivity index (χ1) is 18.2. The first-order valence-electron chi connectivity index (χ1n) is 13.2. The second kappa shape index (κ2) is 13.7. The number of aliphatic hydroxyl groups is 1. The van der Waals surface area contributed by atoms with Crippen molar-refractivity contribution in [1.82, 2.24) is 15.5 Å². The molecule has 1 aromatic carbocycles. The summed E-state index contributed by atoms with van der Waals surface area (Å²) in [7, 11) is 0. The van der Waals surface area contributed by atoms with Crippen molar-refractivity contribution in [3.8, 4) is 0 Å². The van der Waals surface area contributed by atoms with Gasteiger partial charge in [-0.2, -0.15) is 8.78 Å². The molecule has 0 spiro atoms. The summed E-state index contributed by atoms with van der Waals surface area (Å²) < 4.78 is 30.1. The number of aryl methyl sites for hydroxylation is 1. The van der Waals surface area contributed by atoms with Gasteiger partial charge in [-0.15, -0.1) is 0 Å². The maximum absolute atomic E-state index is 15.1. The van der Waals surface area contributed by atoms with Crippen molar-refractivity contribution >= 4 is 29.3 Å². The number of likely N-dealkylation sites (tertiary alicyclic amines) is 1. The number of halogens is 2. The van der Waals surface area contributed by atoms with Crippen LogP contribution in [0.15, 0.2) is 30.3 Å². The summed E-state index contributed by atoms with van der Waals surface area (Å²) in [5.41, 5.74) is 0.704. The van der Waals surface area contributed by atoms with Gasteiger partial charge in [-0.05, 0) is 36.7 Å². The van der Waals surface area contributed by atoms with Gasteiger partial charge in [0.05, 0.1) is 6.04 Å². The number of ketones is 2. The van der Waals surface area contributed by atoms with Crippen LogP contribution in [-0.2, 0) is 30.4 Å². The SMILES string of the molecule is CC(=O)C(=O)N[C@H](C(=O)N1CCCC1C(=O)N[C@@H](C(C)C)C(O)C(F)(F)C(=O)CCc1ccccc1)C(C)C. The summed E-state index contributed by atoms with van der Waals surface area (Å²) in [5.74, 6) is -9.61. The molecule has 2 rings (SSSR count). The number of carbonyl (C=O) groups excluding carboxylic acids is 5. The number of carbonyl (C=O) groups is 5. The van der Waals surface area contributed by atoms with E-state index in [1.807, 2.05) is 0 Å². The molecule has 2 unspecified atom stereocenters. The minimum atomic E-state index is -4.11. The smallest absolute Gasteiger partial charge is 0.332 e. The van der Waals surface area contributed by atoms with Crippen molar-refractivity contribution in [2.45, 2.75) is 90.5 Å². The molecule has 1 aliphatic heterocycles. The first-order valence-corrected chi connectivity index (χ1v) is 13.2. The summed E-state index contributed by atoms with van der Waals surface area (Å²) in [6.45, 7) is 7.68. The molecule has 0 aromatic heterocycles. The van der Waals surface area contributed by atoms with Gasteiger partial charge >= 0.3 is 5.92 Å². The lowest BCUT2D eigenvalue weighted by Gasteiger charge is -2.34. The Morgan fingerprint density at radius 2 is 1.64 bits per heavy atom. The number of aliphatic hydroxyl groups excluding tert-OH is 1. The first kappa shape index (κ1) is 32.0. The van der Waals surface area contributed by atoms with E-state index in [0.29, 0.717) is 12.0 Å². The highest BCUT2D eigenvalue weighted by Crippen LogP contribution is 2.28. The lowest BCUT2D eigenvalue weighted by molar-refractivity contribution is -0.167. The number of rotatable bonds is 13. The van der Waals surface area contributed by atoms with Crippen molar-refractivity contribution in [3.05, 3.63) is 35.9 Å². The van der Waals surface area contributed by atoms with E-state index in [4.69, 9.17) is 0 Å². The van der Waals surface area contributed by atoms with Crippen LogP contribution in [0.1, 0.15) is 59.4 Å². The van der Waals surface area contributed by atoms with Gasteiger partial charge in [0.1, 0.15) is 18.2 Å². The van der Waals surface area contributed by atoms with Crippen molar-refractivity contribution in [2.24, 2.45) is 11.8 Å². The Balaban J connectivity index is 2.14. The molecular weight excluding hydrogens is 512 g/mol. The van der Waals surface area contributed by atoms with Crippen LogP contribution in [0.3, 0.4) is 0 Å². The Morgan fingerprint density at radius 3 is 2.18 bits per heavy atom. The third-order valence-electron chi connectivity index (χ3n) is 6.97. The van der Waals surface area contributed by atoms with E-state index in [2.05, 4.69) is 10.6 Å². The highest BCUT2D eigenvalue weighted by atomic mass is 19.3. The Morgan fingerprint density at radius 1 is 1.03 bits per heavy atom. The number of benzene rings is 1. The van der Waals surface area contributed by atoms with Gasteiger partial charge in [0, 0.05) is 19.9 Å². The Bertz CT molecular complexity index is 1050. The number of nitrogens with zero attached hydrogens (tertiary/aromatic N) is 1. The largest absolute Gasteiger partial charge is 0.384 e. The molecule has 216 valence electrons. The molecule has 39 heavy (non-hydrogen) atoms. The molecule has 0 saturated carbocycles. The fourth-order valence-electron chi connectivity index (χ4n) is 4.57. The number of nitrogens with one attached hydrogen (secondary N) is 2. The van der Waals surface area contributed by atoms with Crippen LogP contribution in [0.25, 0.3) is 0 Å². The summed E-state index contributed by atoms with van der Waals surface area (Å²) in [6, 6.07) is 5.10. The monoisotopic (exact) mass is 551 g/mol. The molecule has 0 aliphatic carbocycles. The van der Waals surface area contributed by atoms with E-state index in [1.54, 1.807) is 44.2 Å². The maximum atomic E-state index is 15.1. The van der Waals surface area contributed by atoms with E-state index in [1.165, 1.54) is 18.7 Å². The number of Topliss-reactive ketones (excluding diaryl/α,β-unsaturated/α-hetero) is 2. The summed E-state index contributed by atoms with van der Waals surface area (Å²) in [6.07, 6.45) is -2.18. The minimum absolute atomic E-state index is 0.0804. The van der Waals surface area contributed by atoms with Crippen LogP contribution in [0.4, 0.5) is 8.78 Å². The van der Waals surface area contributed by atoms with Crippen molar-refractivity contribution in [2.75, 3.05) is 6.54 Å². The lowest BCUT2D eigenvalue weighted by atomic mass is 9.90. The van der Waals surface area contributed by atoms with Crippen molar-refractivity contribution in [1.29, 1.82) is 0 Å². The lowest BCUT2D eigenvalue weighted by Crippen LogP contribution is -2.60. The van der Waals surface area contributed by atoms with Crippen LogP contribution in [0.5, 0.6) is 0 Å². The zero-order chi connectivity index (χ0) is 29.5. The molecule has 1 heterocycles. The Labute approximate surface area is 227 Å². The van der Waals surface area contributed by atoms with Gasteiger partial charge in [-0.1, -0.05) is 58.0 Å². The molecule has 1 aromatic rings. The van der Waals surface area contributed by atoms with Gasteiger partial charge < -0.3 is 20.6 Å². The minimum Gasteiger partial charge on any atom is -0.384 e. The zero-order valence-corrected chi connectivity index (χ0v) is 23.1. The normalized spacial score (nSPS) is 18.0. The molecule has 0 bridgehead atoms. The fraction of sp³-hybridized carbons (Fsp3) is 0.607. The predicted octanol–water partition coefficient (Wildman–Crippen LogP) is 2.05. The zero-order valence-electron chi connectivity index (χ0n) is 23.1. The third-order valence-corrected chi connectivity index (χ3v) is 6.97. The van der Waals surface area contributed by atoms with Gasteiger partial charge in [-0.3, -0.25) is 24.0 Å². The molecule has 9 nitrogen and oxygen atoms in total. The topological polar surface area (TPSA) is 133 Å². The summed E-state index contributed by atoms with van der Waals surface area (Å²) >= 11 is 0. The molecular formula is C28H39F2N3O6. The molecule has 1 saturated heterocycles. The van der Waals surface area contributed by atoms with Crippen LogP contribution in [-0.4, -0.2) is 76.0 Å². The highest BCUT2D eigenvalue weighted by Gasteiger charge is 2.51. The Hall–Kier alpha value is -3.21. The average molecular weight is 552 g/mol. The quantitative estimate of drug-likeness (QED) is 0.322. The predicted molar refractivity (Wildman–Crippen MR) is 140 cm³/mol. The molecule has 3 N–H and O–H groups in total. The van der Waals surface area contributed by atoms with E-state index in [9.17, 15) is 29.1 Å². The number of amides is 3. The molecule has 1 aliphatic rings. The molecule has 0 radical (unpaired) electrons. The van der Waals surface area contributed by atoms with Gasteiger partial charge in [-0.25, -0.2) is 0 Å². The van der Waals surface area contributed by atoms with Gasteiger partial charge in [0.25, 0.3) is 5.91 Å². The second-order valence-electron chi connectivity index (χ2n) is 10.7. The van der Waals surface area contributed by atoms with E-state index in [-0.39, 0.29) is 19.4 Å².